The van der Waals surface area contributed by atoms with Gasteiger partial charge in [-0.2, -0.15) is 0 Å². The van der Waals surface area contributed by atoms with E-state index in [1.165, 1.54) is 59.8 Å². The van der Waals surface area contributed by atoms with Gasteiger partial charge in [-0.15, -0.1) is 10.2 Å². The Morgan fingerprint density at radius 1 is 1.23 bits per heavy atom. The number of hydrogen-bond acceptors (Lipinski definition) is 9. The molecule has 1 aliphatic rings. The molecule has 1 amide bonds. The molecule has 0 fully saturated rings. The number of sulfonamides is 1. The SMILES string of the molecule is CCSc1nnc(NC(=O)C=Cc2cc(OC)c(OC)c(S(=O)(=O)N3CCc4ccccc43)c2)s1. The summed E-state index contributed by atoms with van der Waals surface area (Å²) >= 11 is 2.83. The van der Waals surface area contributed by atoms with Crippen LogP contribution in [-0.4, -0.2) is 51.0 Å². The Bertz CT molecular complexity index is 1370. The van der Waals surface area contributed by atoms with E-state index in [-0.39, 0.29) is 16.4 Å². The quantitative estimate of drug-likeness (QED) is 0.249. The number of amides is 1. The van der Waals surface area contributed by atoms with Gasteiger partial charge in [0.25, 0.3) is 10.0 Å². The van der Waals surface area contributed by atoms with Gasteiger partial charge < -0.3 is 9.47 Å². The topological polar surface area (TPSA) is 111 Å². The van der Waals surface area contributed by atoms with E-state index in [9.17, 15) is 13.2 Å². The highest BCUT2D eigenvalue weighted by atomic mass is 32.2. The van der Waals surface area contributed by atoms with Crippen LogP contribution in [0.3, 0.4) is 0 Å². The zero-order valence-corrected chi connectivity index (χ0v) is 21.8. The minimum atomic E-state index is -3.96. The Morgan fingerprint density at radius 2 is 2.03 bits per heavy atom. The average molecular weight is 533 g/mol. The predicted molar refractivity (Wildman–Crippen MR) is 138 cm³/mol. The van der Waals surface area contributed by atoms with Crippen molar-refractivity contribution in [3.05, 3.63) is 53.6 Å². The fraction of sp³-hybridized carbons (Fsp3) is 0.261. The molecule has 0 unspecified atom stereocenters. The maximum atomic E-state index is 13.7. The zero-order chi connectivity index (χ0) is 25.0. The number of carbonyl (C=O) groups excluding carboxylic acids is 1. The Labute approximate surface area is 212 Å². The van der Waals surface area contributed by atoms with Crippen molar-refractivity contribution in [1.82, 2.24) is 10.2 Å². The van der Waals surface area contributed by atoms with Crippen molar-refractivity contribution >= 4 is 55.9 Å². The Balaban J connectivity index is 1.64. The lowest BCUT2D eigenvalue weighted by Gasteiger charge is -2.22. The largest absolute Gasteiger partial charge is 0.493 e. The van der Waals surface area contributed by atoms with E-state index in [1.54, 1.807) is 12.1 Å². The van der Waals surface area contributed by atoms with Gasteiger partial charge in [-0.25, -0.2) is 8.42 Å². The van der Waals surface area contributed by atoms with Gasteiger partial charge in [-0.1, -0.05) is 48.2 Å². The number of fused-ring (bicyclic) bond motifs is 1. The molecule has 184 valence electrons. The van der Waals surface area contributed by atoms with Crippen LogP contribution in [0, 0.1) is 0 Å². The van der Waals surface area contributed by atoms with E-state index in [0.717, 1.165) is 15.7 Å². The Kier molecular flexibility index (Phi) is 7.63. The average Bonchev–Trinajstić information content (AvgIpc) is 3.49. The third-order valence-corrected chi connectivity index (χ3v) is 8.88. The van der Waals surface area contributed by atoms with E-state index >= 15 is 0 Å². The summed E-state index contributed by atoms with van der Waals surface area (Å²) in [5, 5.41) is 11.0. The van der Waals surface area contributed by atoms with Gasteiger partial charge in [0, 0.05) is 12.6 Å². The van der Waals surface area contributed by atoms with Crippen molar-refractivity contribution in [2.45, 2.75) is 22.6 Å². The van der Waals surface area contributed by atoms with Gasteiger partial charge >= 0.3 is 0 Å². The smallest absolute Gasteiger partial charge is 0.268 e. The molecule has 3 aromatic rings. The second kappa shape index (κ2) is 10.7. The molecule has 12 heteroatoms. The van der Waals surface area contributed by atoms with Crippen molar-refractivity contribution in [3.63, 3.8) is 0 Å². The standard InChI is InChI=1S/C23H24N4O5S3/c1-4-33-23-26-25-22(34-23)24-20(28)10-9-15-13-18(31-2)21(32-3)19(14-15)35(29,30)27-12-11-16-7-5-6-8-17(16)27/h5-10,13-14H,4,11-12H2,1-3H3,(H,24,25,28). The number of rotatable bonds is 9. The number of hydrogen-bond donors (Lipinski definition) is 1. The van der Waals surface area contributed by atoms with Crippen molar-refractivity contribution < 1.29 is 22.7 Å². The molecule has 0 spiro atoms. The first-order valence-corrected chi connectivity index (χ1v) is 13.9. The van der Waals surface area contributed by atoms with Gasteiger partial charge in [-0.05, 0) is 47.6 Å². The molecule has 2 aromatic carbocycles. The first-order valence-electron chi connectivity index (χ1n) is 10.7. The third-order valence-electron chi connectivity index (χ3n) is 5.21. The molecule has 2 heterocycles. The van der Waals surface area contributed by atoms with Gasteiger partial charge in [0.1, 0.15) is 4.90 Å². The number of benzene rings is 2. The number of methoxy groups -OCH3 is 2. The normalized spacial score (nSPS) is 13.2. The highest BCUT2D eigenvalue weighted by Gasteiger charge is 2.34. The third kappa shape index (κ3) is 5.29. The van der Waals surface area contributed by atoms with E-state index < -0.39 is 15.9 Å². The summed E-state index contributed by atoms with van der Waals surface area (Å²) in [5.74, 6) is 0.789. The van der Waals surface area contributed by atoms with Crippen molar-refractivity contribution in [3.8, 4) is 11.5 Å². The highest BCUT2D eigenvalue weighted by Crippen LogP contribution is 2.40. The molecule has 35 heavy (non-hydrogen) atoms. The van der Waals surface area contributed by atoms with Gasteiger partial charge in [-0.3, -0.25) is 14.4 Å². The second-order valence-corrected chi connectivity index (χ2v) is 11.7. The molecule has 0 saturated heterocycles. The summed E-state index contributed by atoms with van der Waals surface area (Å²) in [7, 11) is -1.14. The number of anilines is 2. The Hall–Kier alpha value is -3.09. The first kappa shape index (κ1) is 25.0. The maximum Gasteiger partial charge on any atom is 0.268 e. The number of aromatic nitrogens is 2. The van der Waals surface area contributed by atoms with Crippen LogP contribution in [0.15, 0.2) is 51.7 Å². The predicted octanol–water partition coefficient (Wildman–Crippen LogP) is 4.07. The monoisotopic (exact) mass is 532 g/mol. The fourth-order valence-electron chi connectivity index (χ4n) is 3.67. The summed E-state index contributed by atoms with van der Waals surface area (Å²) in [6, 6.07) is 10.5. The highest BCUT2D eigenvalue weighted by molar-refractivity contribution is 8.01. The molecule has 1 aromatic heterocycles. The molecule has 0 bridgehead atoms. The van der Waals surface area contributed by atoms with E-state index in [2.05, 4.69) is 15.5 Å². The van der Waals surface area contributed by atoms with Crippen LogP contribution in [0.2, 0.25) is 0 Å². The van der Waals surface area contributed by atoms with E-state index in [4.69, 9.17) is 9.47 Å². The number of nitrogens with one attached hydrogen (secondary N) is 1. The van der Waals surface area contributed by atoms with Crippen LogP contribution >= 0.6 is 23.1 Å². The molecule has 0 radical (unpaired) electrons. The van der Waals surface area contributed by atoms with E-state index in [0.29, 0.717) is 29.3 Å². The summed E-state index contributed by atoms with van der Waals surface area (Å²) in [6.45, 7) is 2.34. The minimum absolute atomic E-state index is 0.0403. The molecule has 1 N–H and O–H groups in total. The lowest BCUT2D eigenvalue weighted by atomic mass is 10.2. The van der Waals surface area contributed by atoms with Crippen LogP contribution in [0.4, 0.5) is 10.8 Å². The molecular formula is C23H24N4O5S3. The zero-order valence-electron chi connectivity index (χ0n) is 19.3. The summed E-state index contributed by atoms with van der Waals surface area (Å²) in [5.41, 5.74) is 2.07. The van der Waals surface area contributed by atoms with Crippen molar-refractivity contribution in [2.24, 2.45) is 0 Å². The minimum Gasteiger partial charge on any atom is -0.493 e. The Morgan fingerprint density at radius 3 is 2.77 bits per heavy atom. The second-order valence-electron chi connectivity index (χ2n) is 7.34. The molecule has 1 aliphatic heterocycles. The lowest BCUT2D eigenvalue weighted by Crippen LogP contribution is -2.29. The number of para-hydroxylation sites is 1. The number of ether oxygens (including phenoxy) is 2. The summed E-state index contributed by atoms with van der Waals surface area (Å²) in [6.07, 6.45) is 3.44. The maximum absolute atomic E-state index is 13.7. The molecule has 0 aliphatic carbocycles. The summed E-state index contributed by atoms with van der Waals surface area (Å²) in [4.78, 5) is 12.4. The van der Waals surface area contributed by atoms with Crippen molar-refractivity contribution in [2.75, 3.05) is 36.1 Å². The molecule has 4 rings (SSSR count). The summed E-state index contributed by atoms with van der Waals surface area (Å²) < 4.78 is 40.4. The molecule has 9 nitrogen and oxygen atoms in total. The molecule has 0 saturated carbocycles. The number of thioether (sulfide) groups is 1. The molecule has 0 atom stereocenters. The van der Waals surface area contributed by atoms with Crippen LogP contribution in [0.5, 0.6) is 11.5 Å². The molecular weight excluding hydrogens is 508 g/mol. The van der Waals surface area contributed by atoms with Crippen LogP contribution < -0.4 is 19.1 Å². The number of nitrogens with zero attached hydrogens (tertiary/aromatic N) is 3. The van der Waals surface area contributed by atoms with Gasteiger partial charge in [0.15, 0.2) is 15.8 Å². The van der Waals surface area contributed by atoms with Crippen LogP contribution in [-0.2, 0) is 21.2 Å². The fourth-order valence-corrected chi connectivity index (χ4v) is 7.04. The van der Waals surface area contributed by atoms with Crippen LogP contribution in [0.1, 0.15) is 18.1 Å². The first-order chi connectivity index (χ1) is 16.9. The lowest BCUT2D eigenvalue weighted by molar-refractivity contribution is -0.111. The van der Waals surface area contributed by atoms with Crippen LogP contribution in [0.25, 0.3) is 6.08 Å². The van der Waals surface area contributed by atoms with Gasteiger partial charge in [0.2, 0.25) is 11.0 Å². The van der Waals surface area contributed by atoms with E-state index in [1.807, 2.05) is 25.1 Å². The van der Waals surface area contributed by atoms with Gasteiger partial charge in [0.05, 0.1) is 19.9 Å². The number of carbonyl (C=O) groups is 1. The van der Waals surface area contributed by atoms with Crippen molar-refractivity contribution in [1.29, 1.82) is 0 Å².